The van der Waals surface area contributed by atoms with Gasteiger partial charge in [0.2, 0.25) is 5.88 Å². The number of hydrogen-bond donors (Lipinski definition) is 0. The molecular weight excluding hydrogens is 478 g/mol. The first-order chi connectivity index (χ1) is 18.7. The Morgan fingerprint density at radius 3 is 2.66 bits per heavy atom. The molecule has 0 N–H and O–H groups in total. The lowest BCUT2D eigenvalue weighted by Crippen LogP contribution is -2.68. The molecule has 3 fully saturated rings. The fourth-order valence-electron chi connectivity index (χ4n) is 5.89. The normalized spacial score (nSPS) is 20.7. The summed E-state index contributed by atoms with van der Waals surface area (Å²) in [6.07, 6.45) is 10.7. The van der Waals surface area contributed by atoms with Gasteiger partial charge in [-0.3, -0.25) is 4.90 Å². The maximum absolute atomic E-state index is 9.69. The molecule has 2 atom stereocenters. The number of anilines is 1. The van der Waals surface area contributed by atoms with Crippen molar-refractivity contribution in [1.29, 1.82) is 5.26 Å². The molecule has 8 rings (SSSR count). The Labute approximate surface area is 220 Å². The zero-order valence-electron chi connectivity index (χ0n) is 21.1. The van der Waals surface area contributed by atoms with E-state index in [4.69, 9.17) is 14.5 Å². The first-order valence-corrected chi connectivity index (χ1v) is 12.8. The van der Waals surface area contributed by atoms with Gasteiger partial charge in [-0.05, 0) is 41.3 Å². The van der Waals surface area contributed by atoms with Gasteiger partial charge in [0.05, 0.1) is 37.6 Å². The smallest absolute Gasteiger partial charge is 0.212 e. The van der Waals surface area contributed by atoms with Crippen LogP contribution >= 0.6 is 0 Å². The van der Waals surface area contributed by atoms with Crippen LogP contribution in [-0.2, 0) is 11.3 Å². The molecular formula is C29H27N7O2. The van der Waals surface area contributed by atoms with E-state index in [2.05, 4.69) is 56.3 Å². The maximum atomic E-state index is 9.69. The summed E-state index contributed by atoms with van der Waals surface area (Å²) in [5.41, 5.74) is 6.65. The van der Waals surface area contributed by atoms with Gasteiger partial charge in [0.15, 0.2) is 0 Å². The molecule has 4 aliphatic rings. The van der Waals surface area contributed by atoms with Crippen LogP contribution in [0, 0.1) is 11.3 Å². The molecule has 0 aromatic carbocycles. The third-order valence-corrected chi connectivity index (χ3v) is 7.91. The third kappa shape index (κ3) is 3.90. The molecule has 4 aliphatic heterocycles. The Morgan fingerprint density at radius 1 is 1.08 bits per heavy atom. The van der Waals surface area contributed by atoms with E-state index in [0.717, 1.165) is 53.2 Å². The summed E-state index contributed by atoms with van der Waals surface area (Å²) in [6.45, 7) is 4.03. The molecule has 2 unspecified atom stereocenters. The van der Waals surface area contributed by atoms with Gasteiger partial charge in [-0.25, -0.2) is 14.5 Å². The minimum atomic E-state index is 0.514. The average molecular weight is 506 g/mol. The summed E-state index contributed by atoms with van der Waals surface area (Å²) in [5.74, 6) is 1.63. The second-order valence-electron chi connectivity index (χ2n) is 10.1. The number of methoxy groups -OCH3 is 1. The zero-order valence-corrected chi connectivity index (χ0v) is 21.1. The molecule has 9 heteroatoms. The number of fused-ring (bicyclic) bond motifs is 3. The van der Waals surface area contributed by atoms with Crippen LogP contribution in [0.15, 0.2) is 61.2 Å². The van der Waals surface area contributed by atoms with Crippen LogP contribution in [0.5, 0.6) is 5.88 Å². The van der Waals surface area contributed by atoms with Crippen LogP contribution in [0.3, 0.4) is 0 Å². The number of aromatic nitrogens is 4. The highest BCUT2D eigenvalue weighted by molar-refractivity contribution is 5.87. The minimum absolute atomic E-state index is 0.514. The van der Waals surface area contributed by atoms with Gasteiger partial charge in [-0.15, -0.1) is 0 Å². The minimum Gasteiger partial charge on any atom is -0.481 e. The quantitative estimate of drug-likeness (QED) is 0.393. The lowest BCUT2D eigenvalue weighted by atomic mass is 9.87. The summed E-state index contributed by atoms with van der Waals surface area (Å²) in [6, 6.07) is 13.7. The highest BCUT2D eigenvalue weighted by Crippen LogP contribution is 2.36. The van der Waals surface area contributed by atoms with Gasteiger partial charge >= 0.3 is 0 Å². The zero-order chi connectivity index (χ0) is 25.6. The first kappa shape index (κ1) is 22.9. The van der Waals surface area contributed by atoms with Crippen LogP contribution < -0.4 is 9.64 Å². The Balaban J connectivity index is 1.11. The third-order valence-electron chi connectivity index (χ3n) is 7.91. The van der Waals surface area contributed by atoms with Gasteiger partial charge in [0.1, 0.15) is 11.9 Å². The molecule has 0 saturated carbocycles. The van der Waals surface area contributed by atoms with E-state index in [1.165, 1.54) is 12.0 Å². The lowest BCUT2D eigenvalue weighted by molar-refractivity contribution is -0.00876. The molecule has 0 amide bonds. The number of piperazine rings is 1. The van der Waals surface area contributed by atoms with E-state index in [1.54, 1.807) is 17.8 Å². The van der Waals surface area contributed by atoms with E-state index in [0.29, 0.717) is 36.7 Å². The second-order valence-corrected chi connectivity index (χ2v) is 10.1. The molecule has 4 aromatic heterocycles. The standard InChI is InChI=1S/C29H27N7O2/c1-37-28-5-2-19(11-32-28)14-35-24-9-25(35)17-34(16-24)27-4-3-20(12-31-27)26-8-22(21-6-7-38-18-21)15-36-29(26)23(10-30)13-33-36/h2-6,8,11-13,15,24-25H,7,9,14,16-18H2,1H3. The summed E-state index contributed by atoms with van der Waals surface area (Å²) in [7, 11) is 1.64. The van der Waals surface area contributed by atoms with Crippen molar-refractivity contribution >= 4 is 16.9 Å². The second kappa shape index (κ2) is 9.24. The fourth-order valence-corrected chi connectivity index (χ4v) is 5.89. The summed E-state index contributed by atoms with van der Waals surface area (Å²) in [4.78, 5) is 14.2. The number of piperidine rings is 1. The van der Waals surface area contributed by atoms with E-state index in [9.17, 15) is 5.26 Å². The Hall–Kier alpha value is -4.26. The van der Waals surface area contributed by atoms with Gasteiger partial charge in [0, 0.05) is 67.5 Å². The lowest BCUT2D eigenvalue weighted by Gasteiger charge is -2.56. The SMILES string of the molecule is COc1ccc(CN2C3CC2CN(c2ccc(-c4cc(C5=CCOC5)cn5ncc(C#N)c45)cn2)C3)cn1. The topological polar surface area (TPSA) is 91.8 Å². The van der Waals surface area contributed by atoms with Crippen LogP contribution in [0.1, 0.15) is 23.1 Å². The molecule has 3 saturated heterocycles. The van der Waals surface area contributed by atoms with Crippen molar-refractivity contribution in [2.24, 2.45) is 0 Å². The van der Waals surface area contributed by atoms with Crippen LogP contribution in [0.2, 0.25) is 0 Å². The Kier molecular flexibility index (Phi) is 5.57. The van der Waals surface area contributed by atoms with Gasteiger partial charge in [0.25, 0.3) is 0 Å². The Morgan fingerprint density at radius 2 is 1.97 bits per heavy atom. The number of rotatable bonds is 6. The predicted molar refractivity (Wildman–Crippen MR) is 143 cm³/mol. The van der Waals surface area contributed by atoms with Crippen molar-refractivity contribution in [3.63, 3.8) is 0 Å². The largest absolute Gasteiger partial charge is 0.481 e. The van der Waals surface area contributed by atoms with Crippen LogP contribution in [-0.4, -0.2) is 70.0 Å². The molecule has 2 bridgehead atoms. The number of pyridine rings is 3. The molecule has 38 heavy (non-hydrogen) atoms. The fraction of sp³-hybridized carbons (Fsp3) is 0.310. The highest BCUT2D eigenvalue weighted by atomic mass is 16.5. The van der Waals surface area contributed by atoms with E-state index >= 15 is 0 Å². The maximum Gasteiger partial charge on any atom is 0.212 e. The van der Waals surface area contributed by atoms with Gasteiger partial charge < -0.3 is 14.4 Å². The molecule has 190 valence electrons. The van der Waals surface area contributed by atoms with Crippen molar-refractivity contribution in [2.45, 2.75) is 25.0 Å². The average Bonchev–Trinajstić information content (AvgIpc) is 3.66. The van der Waals surface area contributed by atoms with Crippen molar-refractivity contribution in [3.8, 4) is 23.1 Å². The summed E-state index contributed by atoms with van der Waals surface area (Å²) in [5, 5.41) is 14.1. The van der Waals surface area contributed by atoms with E-state index in [-0.39, 0.29) is 0 Å². The molecule has 4 aromatic rings. The highest BCUT2D eigenvalue weighted by Gasteiger charge is 2.44. The summed E-state index contributed by atoms with van der Waals surface area (Å²) >= 11 is 0. The number of nitriles is 1. The molecule has 9 nitrogen and oxygen atoms in total. The van der Waals surface area contributed by atoms with E-state index in [1.807, 2.05) is 24.7 Å². The number of nitrogens with zero attached hydrogens (tertiary/aromatic N) is 7. The van der Waals surface area contributed by atoms with Crippen LogP contribution in [0.4, 0.5) is 5.82 Å². The van der Waals surface area contributed by atoms with Crippen molar-refractivity contribution < 1.29 is 9.47 Å². The molecule has 0 spiro atoms. The van der Waals surface area contributed by atoms with Crippen LogP contribution in [0.25, 0.3) is 22.2 Å². The number of hydrogen-bond acceptors (Lipinski definition) is 8. The van der Waals surface area contributed by atoms with Gasteiger partial charge in [-0.2, -0.15) is 10.4 Å². The summed E-state index contributed by atoms with van der Waals surface area (Å²) < 4.78 is 12.5. The molecule has 0 radical (unpaired) electrons. The van der Waals surface area contributed by atoms with E-state index < -0.39 is 0 Å². The molecule has 0 aliphatic carbocycles. The predicted octanol–water partition coefficient (Wildman–Crippen LogP) is 3.55. The number of ether oxygens (including phenoxy) is 2. The van der Waals surface area contributed by atoms with Crippen molar-refractivity contribution in [3.05, 3.63) is 77.9 Å². The van der Waals surface area contributed by atoms with Crippen molar-refractivity contribution in [1.82, 2.24) is 24.5 Å². The molecule has 8 heterocycles. The van der Waals surface area contributed by atoms with Crippen molar-refractivity contribution in [2.75, 3.05) is 38.3 Å². The monoisotopic (exact) mass is 505 g/mol. The van der Waals surface area contributed by atoms with Gasteiger partial charge in [-0.1, -0.05) is 12.1 Å². The first-order valence-electron chi connectivity index (χ1n) is 12.8. The Bertz CT molecular complexity index is 1560.